The van der Waals surface area contributed by atoms with E-state index in [0.717, 1.165) is 48.6 Å². The molecule has 1 unspecified atom stereocenters. The number of hydrogen-bond donors (Lipinski definition) is 2. The first-order valence-electron chi connectivity index (χ1n) is 11.2. The highest BCUT2D eigenvalue weighted by Crippen LogP contribution is 2.30. The van der Waals surface area contributed by atoms with Crippen LogP contribution in [0, 0.1) is 0 Å². The van der Waals surface area contributed by atoms with Gasteiger partial charge in [0.05, 0.1) is 31.8 Å². The van der Waals surface area contributed by atoms with Crippen molar-refractivity contribution >= 4 is 33.0 Å². The standard InChI is InChI=1S/C24H29N5O4S/c1-3-32-21-8-4-5-9-22(21)33-20-7-6-14-29(17-20)24-16-25-15-23(27-24)26-18-10-12-19(13-11-18)28-34(2,30)31/h4-5,8-13,15-16,20,28H,3,6-7,14,17H2,1-2H3,(H,26,27). The molecule has 9 nitrogen and oxygen atoms in total. The van der Waals surface area contributed by atoms with Crippen molar-refractivity contribution in [3.63, 3.8) is 0 Å². The number of benzene rings is 2. The van der Waals surface area contributed by atoms with Crippen molar-refractivity contribution in [2.45, 2.75) is 25.9 Å². The smallest absolute Gasteiger partial charge is 0.229 e. The normalized spacial score (nSPS) is 16.1. The molecule has 34 heavy (non-hydrogen) atoms. The zero-order chi connectivity index (χ0) is 24.0. The molecular weight excluding hydrogens is 454 g/mol. The molecule has 2 heterocycles. The molecular formula is C24H29N5O4S. The molecule has 0 radical (unpaired) electrons. The molecule has 3 aromatic rings. The molecule has 0 spiro atoms. The molecule has 0 amide bonds. The highest BCUT2D eigenvalue weighted by molar-refractivity contribution is 7.92. The summed E-state index contributed by atoms with van der Waals surface area (Å²) in [7, 11) is -3.31. The topological polar surface area (TPSA) is 106 Å². The maximum absolute atomic E-state index is 11.4. The van der Waals surface area contributed by atoms with Crippen LogP contribution in [0.1, 0.15) is 19.8 Å². The number of nitrogens with one attached hydrogen (secondary N) is 2. The minimum absolute atomic E-state index is 0.0173. The van der Waals surface area contributed by atoms with E-state index < -0.39 is 10.0 Å². The highest BCUT2D eigenvalue weighted by atomic mass is 32.2. The van der Waals surface area contributed by atoms with Crippen molar-refractivity contribution < 1.29 is 17.9 Å². The van der Waals surface area contributed by atoms with Crippen LogP contribution in [0.5, 0.6) is 11.5 Å². The van der Waals surface area contributed by atoms with Crippen molar-refractivity contribution in [2.24, 2.45) is 0 Å². The number of rotatable bonds is 9. The van der Waals surface area contributed by atoms with Gasteiger partial charge in [-0.25, -0.2) is 13.4 Å². The van der Waals surface area contributed by atoms with Gasteiger partial charge < -0.3 is 19.7 Å². The van der Waals surface area contributed by atoms with Crippen LogP contribution in [-0.4, -0.2) is 50.4 Å². The van der Waals surface area contributed by atoms with Crippen LogP contribution in [0.15, 0.2) is 60.9 Å². The molecule has 1 aliphatic heterocycles. The van der Waals surface area contributed by atoms with E-state index in [9.17, 15) is 8.42 Å². The summed E-state index contributed by atoms with van der Waals surface area (Å²) in [4.78, 5) is 11.2. The van der Waals surface area contributed by atoms with E-state index in [1.54, 1.807) is 36.7 Å². The van der Waals surface area contributed by atoms with Gasteiger partial charge in [-0.1, -0.05) is 12.1 Å². The highest BCUT2D eigenvalue weighted by Gasteiger charge is 2.24. The van der Waals surface area contributed by atoms with Gasteiger partial charge in [0.2, 0.25) is 10.0 Å². The number of hydrogen-bond acceptors (Lipinski definition) is 8. The average molecular weight is 484 g/mol. The third kappa shape index (κ3) is 6.50. The van der Waals surface area contributed by atoms with Crippen molar-refractivity contribution in [3.05, 3.63) is 60.9 Å². The molecule has 1 aliphatic rings. The molecule has 0 aliphatic carbocycles. The van der Waals surface area contributed by atoms with E-state index in [-0.39, 0.29) is 6.10 Å². The summed E-state index contributed by atoms with van der Waals surface area (Å²) in [5.74, 6) is 2.88. The monoisotopic (exact) mass is 483 g/mol. The Morgan fingerprint density at radius 1 is 1.06 bits per heavy atom. The van der Waals surface area contributed by atoms with E-state index in [0.29, 0.717) is 24.7 Å². The molecule has 1 fully saturated rings. The fourth-order valence-electron chi connectivity index (χ4n) is 3.80. The van der Waals surface area contributed by atoms with E-state index >= 15 is 0 Å². The SMILES string of the molecule is CCOc1ccccc1OC1CCCN(c2cncc(Nc3ccc(NS(C)(=O)=O)cc3)n2)C1. The molecule has 0 saturated carbocycles. The maximum atomic E-state index is 11.4. The number of piperidine rings is 1. The summed E-state index contributed by atoms with van der Waals surface area (Å²) < 4.78 is 37.2. The number of ether oxygens (including phenoxy) is 2. The van der Waals surface area contributed by atoms with Crippen LogP contribution in [0.3, 0.4) is 0 Å². The Labute approximate surface area is 200 Å². The number of sulfonamides is 1. The summed E-state index contributed by atoms with van der Waals surface area (Å²) in [6.45, 7) is 4.12. The second-order valence-corrected chi connectivity index (χ2v) is 9.80. The van der Waals surface area contributed by atoms with Crippen molar-refractivity contribution in [3.8, 4) is 11.5 Å². The first-order valence-corrected chi connectivity index (χ1v) is 13.1. The van der Waals surface area contributed by atoms with Crippen LogP contribution in [0.2, 0.25) is 0 Å². The molecule has 2 N–H and O–H groups in total. The Morgan fingerprint density at radius 3 is 2.53 bits per heavy atom. The summed E-state index contributed by atoms with van der Waals surface area (Å²) in [5.41, 5.74) is 1.27. The van der Waals surface area contributed by atoms with Crippen LogP contribution >= 0.6 is 0 Å². The molecule has 1 saturated heterocycles. The van der Waals surface area contributed by atoms with Gasteiger partial charge in [0.25, 0.3) is 0 Å². The summed E-state index contributed by atoms with van der Waals surface area (Å²) in [6, 6.07) is 14.7. The average Bonchev–Trinajstić information content (AvgIpc) is 2.81. The molecule has 4 rings (SSSR count). The predicted molar refractivity (Wildman–Crippen MR) is 134 cm³/mol. The van der Waals surface area contributed by atoms with Gasteiger partial charge in [0, 0.05) is 17.9 Å². The third-order valence-electron chi connectivity index (χ3n) is 5.23. The van der Waals surface area contributed by atoms with Crippen LogP contribution in [0.4, 0.5) is 23.0 Å². The molecule has 2 aromatic carbocycles. The minimum Gasteiger partial charge on any atom is -0.490 e. The van der Waals surface area contributed by atoms with Crippen molar-refractivity contribution in [1.82, 2.24) is 9.97 Å². The Bertz CT molecular complexity index is 1200. The van der Waals surface area contributed by atoms with E-state index in [1.807, 2.05) is 31.2 Å². The lowest BCUT2D eigenvalue weighted by molar-refractivity contribution is 0.170. The van der Waals surface area contributed by atoms with Gasteiger partial charge in [-0.3, -0.25) is 9.71 Å². The second-order valence-electron chi connectivity index (χ2n) is 8.05. The lowest BCUT2D eigenvalue weighted by atomic mass is 10.1. The van der Waals surface area contributed by atoms with Gasteiger partial charge >= 0.3 is 0 Å². The lowest BCUT2D eigenvalue weighted by Crippen LogP contribution is -2.41. The third-order valence-corrected chi connectivity index (χ3v) is 5.83. The van der Waals surface area contributed by atoms with Crippen LogP contribution < -0.4 is 24.4 Å². The summed E-state index contributed by atoms with van der Waals surface area (Å²) in [5, 5.41) is 3.22. The Balaban J connectivity index is 1.41. The van der Waals surface area contributed by atoms with Crippen LogP contribution in [-0.2, 0) is 10.0 Å². The van der Waals surface area contributed by atoms with E-state index in [2.05, 4.69) is 19.9 Å². The number of anilines is 4. The van der Waals surface area contributed by atoms with Crippen LogP contribution in [0.25, 0.3) is 0 Å². The fraction of sp³-hybridized carbons (Fsp3) is 0.333. The minimum atomic E-state index is -3.31. The molecule has 10 heteroatoms. The molecule has 1 atom stereocenters. The Hall–Kier alpha value is -3.53. The van der Waals surface area contributed by atoms with Gasteiger partial charge in [0.1, 0.15) is 11.9 Å². The maximum Gasteiger partial charge on any atom is 0.229 e. The van der Waals surface area contributed by atoms with Crippen molar-refractivity contribution in [1.29, 1.82) is 0 Å². The first-order chi connectivity index (χ1) is 16.4. The quantitative estimate of drug-likeness (QED) is 0.470. The van der Waals surface area contributed by atoms with E-state index in [4.69, 9.17) is 14.5 Å². The largest absolute Gasteiger partial charge is 0.490 e. The number of para-hydroxylation sites is 2. The first kappa shape index (κ1) is 23.6. The lowest BCUT2D eigenvalue weighted by Gasteiger charge is -2.33. The zero-order valence-corrected chi connectivity index (χ0v) is 20.1. The van der Waals surface area contributed by atoms with Crippen molar-refractivity contribution in [2.75, 3.05) is 40.9 Å². The summed E-state index contributed by atoms with van der Waals surface area (Å²) >= 11 is 0. The Morgan fingerprint density at radius 2 is 1.79 bits per heavy atom. The predicted octanol–water partition coefficient (Wildman–Crippen LogP) is 4.04. The molecule has 180 valence electrons. The Kier molecular flexibility index (Phi) is 7.36. The van der Waals surface area contributed by atoms with E-state index in [1.165, 1.54) is 0 Å². The van der Waals surface area contributed by atoms with Gasteiger partial charge in [-0.15, -0.1) is 0 Å². The van der Waals surface area contributed by atoms with Gasteiger partial charge in [-0.05, 0) is 56.2 Å². The molecule has 0 bridgehead atoms. The summed E-state index contributed by atoms with van der Waals surface area (Å²) in [6.07, 6.45) is 6.48. The fourth-order valence-corrected chi connectivity index (χ4v) is 4.36. The number of aromatic nitrogens is 2. The zero-order valence-electron chi connectivity index (χ0n) is 19.3. The van der Waals surface area contributed by atoms with Gasteiger partial charge in [-0.2, -0.15) is 0 Å². The molecule has 1 aromatic heterocycles. The van der Waals surface area contributed by atoms with Gasteiger partial charge in [0.15, 0.2) is 17.3 Å². The second kappa shape index (κ2) is 10.6. The number of nitrogens with zero attached hydrogens (tertiary/aromatic N) is 3.